The van der Waals surface area contributed by atoms with Gasteiger partial charge in [0.05, 0.1) is 42.9 Å². The van der Waals surface area contributed by atoms with Gasteiger partial charge in [-0.05, 0) is 97.6 Å². The van der Waals surface area contributed by atoms with E-state index >= 15 is 0 Å². The van der Waals surface area contributed by atoms with Crippen molar-refractivity contribution in [2.24, 2.45) is 23.7 Å². The number of imidazole rings is 2. The Hall–Kier alpha value is -5.78. The molecule has 5 aromatic rings. The molecule has 3 N–H and O–H groups in total. The first-order valence-corrected chi connectivity index (χ1v) is 20.7. The van der Waals surface area contributed by atoms with Crippen LogP contribution in [0.1, 0.15) is 89.0 Å². The molecule has 1 saturated heterocycles. The predicted octanol–water partition coefficient (Wildman–Crippen LogP) is 8.14. The lowest BCUT2D eigenvalue weighted by Gasteiger charge is -2.35. The number of amides is 3. The van der Waals surface area contributed by atoms with Crippen molar-refractivity contribution >= 4 is 17.9 Å². The molecule has 58 heavy (non-hydrogen) atoms. The first kappa shape index (κ1) is 39.1. The van der Waals surface area contributed by atoms with E-state index in [1.807, 2.05) is 54.4 Å². The first-order chi connectivity index (χ1) is 28.1. The SMILES string of the molecule is COC(=O)N[C@H](C(=O)N1CCC[C@H]1c1ncc(-c2ccc(-c3ccc(-c4cnc([C@@H]5[C@H]6CC[C@H](C6)[C@H]5C(=O)N(Cc5cccnc5)C(C)C)[nH]4)cc3)cc2)[nH]1)C(C)C. The number of aromatic amines is 2. The van der Waals surface area contributed by atoms with E-state index in [0.29, 0.717) is 24.9 Å². The van der Waals surface area contributed by atoms with Gasteiger partial charge < -0.3 is 29.8 Å². The predicted molar refractivity (Wildman–Crippen MR) is 222 cm³/mol. The maximum Gasteiger partial charge on any atom is 0.407 e. The van der Waals surface area contributed by atoms with Gasteiger partial charge in [-0.1, -0.05) is 68.4 Å². The minimum atomic E-state index is -0.678. The molecule has 4 heterocycles. The number of nitrogens with one attached hydrogen (secondary N) is 3. The number of benzene rings is 2. The summed E-state index contributed by atoms with van der Waals surface area (Å²) >= 11 is 0. The number of fused-ring (bicyclic) bond motifs is 2. The number of carbonyl (C=O) groups excluding carboxylic acids is 3. The molecule has 2 aromatic carbocycles. The van der Waals surface area contributed by atoms with Crippen LogP contribution < -0.4 is 5.32 Å². The van der Waals surface area contributed by atoms with Gasteiger partial charge in [0.1, 0.15) is 17.7 Å². The summed E-state index contributed by atoms with van der Waals surface area (Å²) in [4.78, 5) is 64.7. The Kier molecular flexibility index (Phi) is 11.2. The number of rotatable bonds is 12. The van der Waals surface area contributed by atoms with Crippen molar-refractivity contribution in [3.05, 3.63) is 103 Å². The van der Waals surface area contributed by atoms with Gasteiger partial charge in [0.25, 0.3) is 0 Å². The Labute approximate surface area is 340 Å². The van der Waals surface area contributed by atoms with Crippen LogP contribution >= 0.6 is 0 Å². The number of H-pyrrole nitrogens is 2. The zero-order valence-electron chi connectivity index (χ0n) is 34.0. The molecule has 0 spiro atoms. The van der Waals surface area contributed by atoms with E-state index in [1.165, 1.54) is 7.11 Å². The average Bonchev–Trinajstić information content (AvgIpc) is 4.10. The van der Waals surface area contributed by atoms with Crippen molar-refractivity contribution in [2.75, 3.05) is 13.7 Å². The summed E-state index contributed by atoms with van der Waals surface area (Å²) in [5.41, 5.74) is 7.13. The van der Waals surface area contributed by atoms with Crippen LogP contribution in [0.4, 0.5) is 4.79 Å². The van der Waals surface area contributed by atoms with Gasteiger partial charge in [0.15, 0.2) is 0 Å². The van der Waals surface area contributed by atoms with Crippen LogP contribution in [0.3, 0.4) is 0 Å². The molecule has 0 radical (unpaired) electrons. The number of nitrogens with zero attached hydrogens (tertiary/aromatic N) is 5. The van der Waals surface area contributed by atoms with Crippen LogP contribution in [-0.2, 0) is 20.9 Å². The van der Waals surface area contributed by atoms with Crippen molar-refractivity contribution in [3.63, 3.8) is 0 Å². The first-order valence-electron chi connectivity index (χ1n) is 20.7. The number of likely N-dealkylation sites (tertiary alicyclic amines) is 1. The van der Waals surface area contributed by atoms with Gasteiger partial charge in [-0.25, -0.2) is 14.8 Å². The Bertz CT molecular complexity index is 2210. The summed E-state index contributed by atoms with van der Waals surface area (Å²) in [6, 6.07) is 20.1. The summed E-state index contributed by atoms with van der Waals surface area (Å²) < 4.78 is 4.77. The number of hydrogen-bond donors (Lipinski definition) is 3. The second kappa shape index (κ2) is 16.6. The van der Waals surface area contributed by atoms with E-state index in [0.717, 1.165) is 83.0 Å². The standard InChI is InChI=1S/C46H54N8O4/c1-27(2)41(52-46(57)58-5)45(56)53-21-7-9-38(53)42-48-24-36(50-42)32-14-10-30(11-15-32)31-12-16-33(17-13-31)37-25-49-43(51-37)39-34-18-19-35(22-34)40(39)44(55)54(28(3)4)26-29-8-6-20-47-23-29/h6,8,10-17,20,23-25,27-28,34-35,38-41H,7,9,18-19,21-22,26H2,1-5H3,(H,48,50)(H,49,51)(H,52,57)/t34-,35+,38-,39+,40+,41-/m0/s1. The summed E-state index contributed by atoms with van der Waals surface area (Å²) in [6.45, 7) is 9.19. The molecule has 12 heteroatoms. The molecule has 2 aliphatic carbocycles. The number of ether oxygens (including phenoxy) is 1. The fraction of sp³-hybridized carbons (Fsp3) is 0.435. The number of aromatic nitrogens is 5. The number of hydrogen-bond acceptors (Lipinski definition) is 7. The van der Waals surface area contributed by atoms with E-state index in [2.05, 4.69) is 82.6 Å². The highest BCUT2D eigenvalue weighted by molar-refractivity contribution is 5.86. The van der Waals surface area contributed by atoms with Gasteiger partial charge in [-0.15, -0.1) is 0 Å². The Balaban J connectivity index is 0.935. The maximum absolute atomic E-state index is 14.3. The molecule has 12 nitrogen and oxygen atoms in total. The quantitative estimate of drug-likeness (QED) is 0.116. The average molecular weight is 783 g/mol. The number of carbonyl (C=O) groups is 3. The summed E-state index contributed by atoms with van der Waals surface area (Å²) in [5.74, 6) is 2.54. The van der Waals surface area contributed by atoms with Gasteiger partial charge in [-0.3, -0.25) is 14.6 Å². The smallest absolute Gasteiger partial charge is 0.407 e. The second-order valence-electron chi connectivity index (χ2n) is 16.9. The van der Waals surface area contributed by atoms with Gasteiger partial charge >= 0.3 is 6.09 Å². The highest BCUT2D eigenvalue weighted by atomic mass is 16.5. The van der Waals surface area contributed by atoms with Gasteiger partial charge in [0.2, 0.25) is 11.8 Å². The minimum absolute atomic E-state index is 0.0727. The minimum Gasteiger partial charge on any atom is -0.453 e. The Morgan fingerprint density at radius 3 is 2.05 bits per heavy atom. The lowest BCUT2D eigenvalue weighted by molar-refractivity contribution is -0.140. The molecular formula is C46H54N8O4. The molecule has 3 aliphatic rings. The van der Waals surface area contributed by atoms with Crippen LogP contribution in [0.5, 0.6) is 0 Å². The van der Waals surface area contributed by atoms with Crippen molar-refractivity contribution in [1.82, 2.24) is 40.0 Å². The molecule has 302 valence electrons. The summed E-state index contributed by atoms with van der Waals surface area (Å²) in [7, 11) is 1.30. The third-order valence-corrected chi connectivity index (χ3v) is 12.7. The van der Waals surface area contributed by atoms with Crippen molar-refractivity contribution in [3.8, 4) is 33.6 Å². The van der Waals surface area contributed by atoms with E-state index in [1.54, 1.807) is 6.20 Å². The Morgan fingerprint density at radius 2 is 1.45 bits per heavy atom. The van der Waals surface area contributed by atoms with Crippen LogP contribution in [0.25, 0.3) is 33.6 Å². The van der Waals surface area contributed by atoms with E-state index in [4.69, 9.17) is 14.7 Å². The highest BCUT2D eigenvalue weighted by Gasteiger charge is 2.53. The molecule has 0 unspecified atom stereocenters. The molecule has 3 aromatic heterocycles. The van der Waals surface area contributed by atoms with Crippen LogP contribution in [-0.4, -0.2) is 78.4 Å². The van der Waals surface area contributed by atoms with Crippen molar-refractivity contribution in [2.45, 2.75) is 90.4 Å². The number of alkyl carbamates (subject to hydrolysis) is 1. The Morgan fingerprint density at radius 1 is 0.828 bits per heavy atom. The van der Waals surface area contributed by atoms with E-state index < -0.39 is 12.1 Å². The molecule has 3 amide bonds. The molecule has 1 aliphatic heterocycles. The van der Waals surface area contributed by atoms with E-state index in [-0.39, 0.29) is 41.7 Å². The topological polar surface area (TPSA) is 149 Å². The highest BCUT2D eigenvalue weighted by Crippen LogP contribution is 2.57. The molecule has 6 atom stereocenters. The van der Waals surface area contributed by atoms with Crippen LogP contribution in [0, 0.1) is 23.7 Å². The van der Waals surface area contributed by atoms with Crippen LogP contribution in [0.15, 0.2) is 85.5 Å². The van der Waals surface area contributed by atoms with Gasteiger partial charge in [-0.2, -0.15) is 0 Å². The second-order valence-corrected chi connectivity index (χ2v) is 16.9. The lowest BCUT2D eigenvalue weighted by atomic mass is 9.77. The monoisotopic (exact) mass is 782 g/mol. The third kappa shape index (κ3) is 7.76. The summed E-state index contributed by atoms with van der Waals surface area (Å²) in [5, 5.41) is 2.71. The zero-order valence-corrected chi connectivity index (χ0v) is 34.0. The fourth-order valence-corrected chi connectivity index (χ4v) is 9.62. The maximum atomic E-state index is 14.3. The molecule has 3 fully saturated rings. The molecule has 2 bridgehead atoms. The lowest BCUT2D eigenvalue weighted by Crippen LogP contribution is -2.51. The normalized spacial score (nSPS) is 21.8. The zero-order chi connectivity index (χ0) is 40.5. The van der Waals surface area contributed by atoms with Gasteiger partial charge in [0, 0.05) is 37.4 Å². The van der Waals surface area contributed by atoms with Crippen molar-refractivity contribution < 1.29 is 19.1 Å². The molecule has 8 rings (SSSR count). The van der Waals surface area contributed by atoms with Crippen molar-refractivity contribution in [1.29, 1.82) is 0 Å². The summed E-state index contributed by atoms with van der Waals surface area (Å²) in [6.07, 6.45) is 11.7. The molecule has 2 saturated carbocycles. The largest absolute Gasteiger partial charge is 0.453 e. The van der Waals surface area contributed by atoms with E-state index in [9.17, 15) is 14.4 Å². The third-order valence-electron chi connectivity index (χ3n) is 12.7. The fourth-order valence-electron chi connectivity index (χ4n) is 9.62. The molecular weight excluding hydrogens is 729 g/mol. The van der Waals surface area contributed by atoms with Crippen LogP contribution in [0.2, 0.25) is 0 Å². The number of methoxy groups -OCH3 is 1. The number of pyridine rings is 1.